The number of alkyl halides is 3. The molecule has 30 heavy (non-hydrogen) atoms. The van der Waals surface area contributed by atoms with Gasteiger partial charge in [0.2, 0.25) is 6.79 Å². The Morgan fingerprint density at radius 1 is 1.17 bits per heavy atom. The van der Waals surface area contributed by atoms with E-state index >= 15 is 0 Å². The predicted molar refractivity (Wildman–Crippen MR) is 102 cm³/mol. The van der Waals surface area contributed by atoms with Crippen LogP contribution in [0.5, 0.6) is 11.5 Å². The van der Waals surface area contributed by atoms with Crippen LogP contribution < -0.4 is 9.47 Å². The van der Waals surface area contributed by atoms with Crippen molar-refractivity contribution in [2.24, 2.45) is 5.16 Å². The van der Waals surface area contributed by atoms with Crippen LogP contribution >= 0.6 is 0 Å². The van der Waals surface area contributed by atoms with E-state index in [9.17, 15) is 13.2 Å². The van der Waals surface area contributed by atoms with Gasteiger partial charge in [0.25, 0.3) is 0 Å². The first-order valence-corrected chi connectivity index (χ1v) is 9.11. The predicted octanol–water partition coefficient (Wildman–Crippen LogP) is 4.56. The number of benzene rings is 2. The molecule has 0 spiro atoms. The number of aryl methyl sites for hydroxylation is 1. The van der Waals surface area contributed by atoms with Gasteiger partial charge in [0.05, 0.1) is 18.4 Å². The summed E-state index contributed by atoms with van der Waals surface area (Å²) >= 11 is 0. The standard InChI is InChI=1S/C21H18F3N3O3/c1-14-2-4-17(21(22,23)24)16(8-14)11-30-26-18(10-27-7-6-25-12-27)15-3-5-19-20(9-15)29-13-28-19/h2-9,12H,10-11,13H2,1H3/b26-18+. The maximum atomic E-state index is 13.3. The van der Waals surface area contributed by atoms with Crippen LogP contribution in [0, 0.1) is 6.92 Å². The van der Waals surface area contributed by atoms with Crippen LogP contribution in [0.25, 0.3) is 0 Å². The molecule has 0 aliphatic carbocycles. The number of ether oxygens (including phenoxy) is 2. The van der Waals surface area contributed by atoms with E-state index in [0.717, 1.165) is 6.07 Å². The molecule has 156 valence electrons. The lowest BCUT2D eigenvalue weighted by Crippen LogP contribution is -2.12. The van der Waals surface area contributed by atoms with Crippen molar-refractivity contribution < 1.29 is 27.5 Å². The quantitative estimate of drug-likeness (QED) is 0.436. The third-order valence-electron chi connectivity index (χ3n) is 4.56. The van der Waals surface area contributed by atoms with E-state index in [1.54, 1.807) is 48.4 Å². The van der Waals surface area contributed by atoms with Crippen LogP contribution in [0.2, 0.25) is 0 Å². The Morgan fingerprint density at radius 2 is 2.00 bits per heavy atom. The van der Waals surface area contributed by atoms with Crippen molar-refractivity contribution in [2.75, 3.05) is 6.79 Å². The molecule has 0 atom stereocenters. The molecule has 1 aliphatic heterocycles. The van der Waals surface area contributed by atoms with E-state index in [1.807, 2.05) is 0 Å². The Labute approximate surface area is 170 Å². The minimum atomic E-state index is -4.47. The van der Waals surface area contributed by atoms with E-state index in [2.05, 4.69) is 10.1 Å². The third-order valence-corrected chi connectivity index (χ3v) is 4.56. The fourth-order valence-electron chi connectivity index (χ4n) is 3.10. The lowest BCUT2D eigenvalue weighted by Gasteiger charge is -2.13. The molecule has 1 aromatic heterocycles. The smallest absolute Gasteiger partial charge is 0.416 e. The summed E-state index contributed by atoms with van der Waals surface area (Å²) in [6.07, 6.45) is 0.531. The zero-order chi connectivity index (χ0) is 21.1. The van der Waals surface area contributed by atoms with Crippen LogP contribution in [0.4, 0.5) is 13.2 Å². The molecule has 0 saturated heterocycles. The summed E-state index contributed by atoms with van der Waals surface area (Å²) in [7, 11) is 0. The van der Waals surface area contributed by atoms with Crippen LogP contribution in [-0.4, -0.2) is 22.1 Å². The Kier molecular flexibility index (Phi) is 5.35. The number of halogens is 3. The number of nitrogens with zero attached hydrogens (tertiary/aromatic N) is 3. The van der Waals surface area contributed by atoms with Gasteiger partial charge in [-0.3, -0.25) is 0 Å². The van der Waals surface area contributed by atoms with Crippen molar-refractivity contribution >= 4 is 5.71 Å². The summed E-state index contributed by atoms with van der Waals surface area (Å²) in [4.78, 5) is 9.38. The van der Waals surface area contributed by atoms with Gasteiger partial charge in [-0.15, -0.1) is 0 Å². The summed E-state index contributed by atoms with van der Waals surface area (Å²) in [5.74, 6) is 1.19. The van der Waals surface area contributed by atoms with Crippen molar-refractivity contribution in [3.63, 3.8) is 0 Å². The number of hydrogen-bond donors (Lipinski definition) is 0. The van der Waals surface area contributed by atoms with Crippen LogP contribution in [0.15, 0.2) is 60.3 Å². The summed E-state index contributed by atoms with van der Waals surface area (Å²) in [5, 5.41) is 4.15. The molecule has 3 aromatic rings. The van der Waals surface area contributed by atoms with Gasteiger partial charge in [-0.2, -0.15) is 13.2 Å². The molecule has 0 radical (unpaired) electrons. The fraction of sp³-hybridized carbons (Fsp3) is 0.238. The molecule has 4 rings (SSSR count). The molecule has 6 nitrogen and oxygen atoms in total. The highest BCUT2D eigenvalue weighted by Crippen LogP contribution is 2.34. The monoisotopic (exact) mass is 417 g/mol. The maximum Gasteiger partial charge on any atom is 0.416 e. The van der Waals surface area contributed by atoms with Crippen LogP contribution in [-0.2, 0) is 24.2 Å². The second kappa shape index (κ2) is 8.10. The van der Waals surface area contributed by atoms with Crippen LogP contribution in [0.1, 0.15) is 22.3 Å². The molecule has 2 heterocycles. The number of imidazole rings is 1. The van der Waals surface area contributed by atoms with E-state index in [1.165, 1.54) is 12.1 Å². The molecule has 0 fully saturated rings. The first-order chi connectivity index (χ1) is 14.4. The number of aromatic nitrogens is 2. The summed E-state index contributed by atoms with van der Waals surface area (Å²) < 4.78 is 52.3. The molecule has 0 N–H and O–H groups in total. The molecule has 9 heteroatoms. The molecule has 1 aliphatic rings. The Hall–Kier alpha value is -3.49. The highest BCUT2D eigenvalue weighted by atomic mass is 19.4. The average molecular weight is 417 g/mol. The lowest BCUT2D eigenvalue weighted by atomic mass is 10.0. The average Bonchev–Trinajstić information content (AvgIpc) is 3.37. The van der Waals surface area contributed by atoms with Gasteiger partial charge in [0.15, 0.2) is 11.5 Å². The maximum absolute atomic E-state index is 13.3. The minimum Gasteiger partial charge on any atom is -0.454 e. The minimum absolute atomic E-state index is 0.0268. The SMILES string of the molecule is Cc1ccc(C(F)(F)F)c(CO/N=C(\Cn2ccnc2)c2ccc3c(c2)OCO3)c1. The van der Waals surface area contributed by atoms with E-state index in [0.29, 0.717) is 34.9 Å². The lowest BCUT2D eigenvalue weighted by molar-refractivity contribution is -0.138. The van der Waals surface area contributed by atoms with E-state index < -0.39 is 11.7 Å². The van der Waals surface area contributed by atoms with Crippen molar-refractivity contribution in [1.29, 1.82) is 0 Å². The molecule has 0 unspecified atom stereocenters. The molecule has 2 aromatic carbocycles. The van der Waals surface area contributed by atoms with E-state index in [4.69, 9.17) is 14.3 Å². The second-order valence-electron chi connectivity index (χ2n) is 6.77. The number of fused-ring (bicyclic) bond motifs is 1. The van der Waals surface area contributed by atoms with Crippen molar-refractivity contribution in [3.8, 4) is 11.5 Å². The second-order valence-corrected chi connectivity index (χ2v) is 6.77. The Balaban J connectivity index is 1.60. The molecule has 0 saturated carbocycles. The molecular formula is C21H18F3N3O3. The highest BCUT2D eigenvalue weighted by molar-refractivity contribution is 6.00. The number of oxime groups is 1. The first-order valence-electron chi connectivity index (χ1n) is 9.11. The summed E-state index contributed by atoms with van der Waals surface area (Å²) in [6.45, 7) is 1.87. The normalized spacial score (nSPS) is 13.5. The van der Waals surface area contributed by atoms with Gasteiger partial charge in [-0.1, -0.05) is 22.9 Å². The largest absolute Gasteiger partial charge is 0.454 e. The van der Waals surface area contributed by atoms with Gasteiger partial charge in [0, 0.05) is 23.5 Å². The molecule has 0 amide bonds. The zero-order valence-corrected chi connectivity index (χ0v) is 16.0. The highest BCUT2D eigenvalue weighted by Gasteiger charge is 2.33. The van der Waals surface area contributed by atoms with Gasteiger partial charge in [0.1, 0.15) is 12.3 Å². The van der Waals surface area contributed by atoms with Crippen molar-refractivity contribution in [1.82, 2.24) is 9.55 Å². The van der Waals surface area contributed by atoms with Crippen LogP contribution in [0.3, 0.4) is 0 Å². The van der Waals surface area contributed by atoms with Gasteiger partial charge >= 0.3 is 6.18 Å². The molecular weight excluding hydrogens is 399 g/mol. The van der Waals surface area contributed by atoms with Gasteiger partial charge in [-0.25, -0.2) is 4.98 Å². The van der Waals surface area contributed by atoms with Crippen molar-refractivity contribution in [2.45, 2.75) is 26.3 Å². The number of hydrogen-bond acceptors (Lipinski definition) is 5. The van der Waals surface area contributed by atoms with Gasteiger partial charge < -0.3 is 18.9 Å². The Morgan fingerprint density at radius 3 is 2.77 bits per heavy atom. The van der Waals surface area contributed by atoms with Crippen molar-refractivity contribution in [3.05, 3.63) is 77.4 Å². The number of rotatable bonds is 6. The van der Waals surface area contributed by atoms with E-state index in [-0.39, 0.29) is 19.0 Å². The zero-order valence-electron chi connectivity index (χ0n) is 16.0. The molecule has 0 bridgehead atoms. The summed E-state index contributed by atoms with van der Waals surface area (Å²) in [5.41, 5.74) is 1.21. The third kappa shape index (κ3) is 4.40. The summed E-state index contributed by atoms with van der Waals surface area (Å²) in [6, 6.07) is 9.24. The Bertz CT molecular complexity index is 1060. The van der Waals surface area contributed by atoms with Gasteiger partial charge in [-0.05, 0) is 31.2 Å². The topological polar surface area (TPSA) is 57.9 Å². The fourth-order valence-corrected chi connectivity index (χ4v) is 3.10. The first kappa shape index (κ1) is 19.8.